The number of carbonyl (C=O) groups is 2. The molecule has 0 aliphatic carbocycles. The molecule has 0 fully saturated rings. The topological polar surface area (TPSA) is 58.6 Å². The Hall–Kier alpha value is -1.88. The maximum atomic E-state index is 12.2. The zero-order valence-electron chi connectivity index (χ0n) is 14.9. The van der Waals surface area contributed by atoms with E-state index in [1.54, 1.807) is 11.8 Å². The van der Waals surface area contributed by atoms with Crippen molar-refractivity contribution in [2.24, 2.45) is 5.92 Å². The molecule has 0 aliphatic heterocycles. The van der Waals surface area contributed by atoms with Crippen LogP contribution in [0.4, 0.5) is 5.69 Å². The fraction of sp³-hybridized carbons (Fsp3) is 0.556. The van der Waals surface area contributed by atoms with Gasteiger partial charge in [-0.15, -0.1) is 0 Å². The summed E-state index contributed by atoms with van der Waals surface area (Å²) in [6.45, 7) is 7.56. The lowest BCUT2D eigenvalue weighted by atomic mass is 10.0. The number of amides is 1. The first-order chi connectivity index (χ1) is 10.8. The molecule has 0 aliphatic rings. The molecule has 1 N–H and O–H groups in total. The summed E-state index contributed by atoms with van der Waals surface area (Å²) >= 11 is 0. The van der Waals surface area contributed by atoms with Gasteiger partial charge in [0.15, 0.2) is 6.10 Å². The van der Waals surface area contributed by atoms with E-state index in [-0.39, 0.29) is 23.8 Å². The molecule has 0 radical (unpaired) electrons. The lowest BCUT2D eigenvalue weighted by molar-refractivity contribution is -0.159. The molecule has 5 nitrogen and oxygen atoms in total. The number of esters is 1. The molecule has 0 saturated carbocycles. The molecule has 5 heteroatoms. The van der Waals surface area contributed by atoms with Gasteiger partial charge in [0.2, 0.25) is 0 Å². The van der Waals surface area contributed by atoms with E-state index in [1.807, 2.05) is 52.2 Å². The molecule has 0 bridgehead atoms. The highest BCUT2D eigenvalue weighted by Gasteiger charge is 2.29. The van der Waals surface area contributed by atoms with Crippen molar-refractivity contribution in [1.82, 2.24) is 4.90 Å². The molecule has 1 amide bonds. The Morgan fingerprint density at radius 3 is 2.13 bits per heavy atom. The summed E-state index contributed by atoms with van der Waals surface area (Å²) in [4.78, 5) is 26.2. The van der Waals surface area contributed by atoms with E-state index in [2.05, 4.69) is 12.2 Å². The normalized spacial score (nSPS) is 13.7. The lowest BCUT2D eigenvalue weighted by Crippen LogP contribution is -2.43. The van der Waals surface area contributed by atoms with Crippen molar-refractivity contribution in [2.75, 3.05) is 19.4 Å². The standard InChI is InChI=1S/C18H28N2O3/c1-7-14-8-10-15(11-9-14)19-17(21)13(4)23-18(22)16(12(2)3)20(5)6/h8-13,16H,7H2,1-6H3,(H,19,21)/t13-,16+/m0/s1. The van der Waals surface area contributed by atoms with E-state index in [0.29, 0.717) is 5.69 Å². The summed E-state index contributed by atoms with van der Waals surface area (Å²) in [6.07, 6.45) is 0.109. The predicted molar refractivity (Wildman–Crippen MR) is 92.3 cm³/mol. The van der Waals surface area contributed by atoms with Gasteiger partial charge in [0, 0.05) is 5.69 Å². The van der Waals surface area contributed by atoms with Crippen molar-refractivity contribution in [1.29, 1.82) is 0 Å². The Morgan fingerprint density at radius 2 is 1.70 bits per heavy atom. The van der Waals surface area contributed by atoms with E-state index in [0.717, 1.165) is 6.42 Å². The maximum absolute atomic E-state index is 12.2. The number of nitrogens with zero attached hydrogens (tertiary/aromatic N) is 1. The zero-order valence-corrected chi connectivity index (χ0v) is 14.9. The third-order valence-corrected chi connectivity index (χ3v) is 3.72. The van der Waals surface area contributed by atoms with E-state index in [9.17, 15) is 9.59 Å². The summed E-state index contributed by atoms with van der Waals surface area (Å²) in [5, 5.41) is 2.77. The number of anilines is 1. The number of hydrogen-bond donors (Lipinski definition) is 1. The van der Waals surface area contributed by atoms with E-state index in [4.69, 9.17) is 4.74 Å². The fourth-order valence-electron chi connectivity index (χ4n) is 2.44. The van der Waals surface area contributed by atoms with E-state index < -0.39 is 6.10 Å². The van der Waals surface area contributed by atoms with Crippen LogP contribution in [0.5, 0.6) is 0 Å². The van der Waals surface area contributed by atoms with Gasteiger partial charge in [-0.25, -0.2) is 0 Å². The summed E-state index contributed by atoms with van der Waals surface area (Å²) in [5.41, 5.74) is 1.90. The average Bonchev–Trinajstić information content (AvgIpc) is 2.46. The number of nitrogens with one attached hydrogen (secondary N) is 1. The van der Waals surface area contributed by atoms with Gasteiger partial charge in [0.1, 0.15) is 6.04 Å². The van der Waals surface area contributed by atoms with Crippen LogP contribution in [0.2, 0.25) is 0 Å². The summed E-state index contributed by atoms with van der Waals surface area (Å²) < 4.78 is 5.32. The molecular formula is C18H28N2O3. The monoisotopic (exact) mass is 320 g/mol. The van der Waals surface area contributed by atoms with Crippen LogP contribution in [0.25, 0.3) is 0 Å². The molecule has 0 saturated heterocycles. The quantitative estimate of drug-likeness (QED) is 0.785. The first kappa shape index (κ1) is 19.2. The maximum Gasteiger partial charge on any atom is 0.324 e. The third-order valence-electron chi connectivity index (χ3n) is 3.72. The van der Waals surface area contributed by atoms with Gasteiger partial charge in [-0.2, -0.15) is 0 Å². The Morgan fingerprint density at radius 1 is 1.13 bits per heavy atom. The number of aryl methyl sites for hydroxylation is 1. The molecule has 0 aromatic heterocycles. The molecule has 128 valence electrons. The molecule has 1 aromatic rings. The highest BCUT2D eigenvalue weighted by molar-refractivity contribution is 5.95. The van der Waals surface area contributed by atoms with E-state index in [1.165, 1.54) is 5.56 Å². The largest absolute Gasteiger partial charge is 0.451 e. The van der Waals surface area contributed by atoms with Gasteiger partial charge in [0.05, 0.1) is 0 Å². The molecule has 23 heavy (non-hydrogen) atoms. The minimum absolute atomic E-state index is 0.106. The van der Waals surface area contributed by atoms with Crippen molar-refractivity contribution >= 4 is 17.6 Å². The van der Waals surface area contributed by atoms with Gasteiger partial charge in [-0.05, 0) is 51.1 Å². The molecule has 0 spiro atoms. The lowest BCUT2D eigenvalue weighted by Gasteiger charge is -2.27. The number of carbonyl (C=O) groups excluding carboxylic acids is 2. The zero-order chi connectivity index (χ0) is 17.6. The fourth-order valence-corrected chi connectivity index (χ4v) is 2.44. The van der Waals surface area contributed by atoms with Crippen molar-refractivity contribution in [3.8, 4) is 0 Å². The van der Waals surface area contributed by atoms with Gasteiger partial charge in [-0.3, -0.25) is 14.5 Å². The van der Waals surface area contributed by atoms with Crippen LogP contribution in [0.3, 0.4) is 0 Å². The molecular weight excluding hydrogens is 292 g/mol. The van der Waals surface area contributed by atoms with E-state index >= 15 is 0 Å². The second-order valence-corrected chi connectivity index (χ2v) is 6.27. The number of hydrogen-bond acceptors (Lipinski definition) is 4. The summed E-state index contributed by atoms with van der Waals surface area (Å²) in [7, 11) is 3.65. The Bertz CT molecular complexity index is 516. The Balaban J connectivity index is 2.63. The van der Waals surface area contributed by atoms with Crippen LogP contribution in [-0.4, -0.2) is 43.0 Å². The van der Waals surface area contributed by atoms with Crippen molar-refractivity contribution in [3.63, 3.8) is 0 Å². The summed E-state index contributed by atoms with van der Waals surface area (Å²) in [6, 6.07) is 7.26. The first-order valence-electron chi connectivity index (χ1n) is 8.03. The Labute approximate surface area is 139 Å². The van der Waals surface area contributed by atoms with Crippen LogP contribution >= 0.6 is 0 Å². The molecule has 1 aromatic carbocycles. The van der Waals surface area contributed by atoms with Gasteiger partial charge >= 0.3 is 5.97 Å². The SMILES string of the molecule is CCc1ccc(NC(=O)[C@H](C)OC(=O)[C@@H](C(C)C)N(C)C)cc1. The highest BCUT2D eigenvalue weighted by Crippen LogP contribution is 2.13. The molecule has 0 unspecified atom stereocenters. The van der Waals surface area contributed by atoms with Crippen LogP contribution in [0.15, 0.2) is 24.3 Å². The molecule has 2 atom stereocenters. The van der Waals surface area contributed by atoms with Crippen LogP contribution in [0, 0.1) is 5.92 Å². The van der Waals surface area contributed by atoms with Crippen LogP contribution < -0.4 is 5.32 Å². The molecule has 1 rings (SSSR count). The smallest absolute Gasteiger partial charge is 0.324 e. The number of rotatable bonds is 7. The van der Waals surface area contributed by atoms with Crippen molar-refractivity contribution in [2.45, 2.75) is 46.3 Å². The van der Waals surface area contributed by atoms with Crippen molar-refractivity contribution in [3.05, 3.63) is 29.8 Å². The Kier molecular flexibility index (Phi) is 7.23. The minimum Gasteiger partial charge on any atom is -0.451 e. The van der Waals surface area contributed by atoms with Gasteiger partial charge in [0.25, 0.3) is 5.91 Å². The number of likely N-dealkylation sites (N-methyl/N-ethyl adjacent to an activating group) is 1. The van der Waals surface area contributed by atoms with Gasteiger partial charge < -0.3 is 10.1 Å². The van der Waals surface area contributed by atoms with Crippen LogP contribution in [-0.2, 0) is 20.7 Å². The highest BCUT2D eigenvalue weighted by atomic mass is 16.5. The van der Waals surface area contributed by atoms with Gasteiger partial charge in [-0.1, -0.05) is 32.9 Å². The minimum atomic E-state index is -0.838. The second kappa shape index (κ2) is 8.67. The number of benzene rings is 1. The first-order valence-corrected chi connectivity index (χ1v) is 8.03. The average molecular weight is 320 g/mol. The second-order valence-electron chi connectivity index (χ2n) is 6.27. The predicted octanol–water partition coefficient (Wildman–Crippen LogP) is 2.71. The van der Waals surface area contributed by atoms with Crippen molar-refractivity contribution < 1.29 is 14.3 Å². The summed E-state index contributed by atoms with van der Waals surface area (Å²) in [5.74, 6) is -0.604. The molecule has 0 heterocycles. The van der Waals surface area contributed by atoms with Crippen LogP contribution in [0.1, 0.15) is 33.3 Å². The number of ether oxygens (including phenoxy) is 1. The third kappa shape index (κ3) is 5.67.